The molecule has 0 radical (unpaired) electrons. The average molecular weight is 357 g/mol. The normalized spacial score (nSPS) is 15.6. The highest BCUT2D eigenvalue weighted by Crippen LogP contribution is 2.30. The minimum Gasteiger partial charge on any atom is -0.496 e. The minimum absolute atomic E-state index is 0.360. The Labute approximate surface area is 137 Å². The van der Waals surface area contributed by atoms with Crippen LogP contribution in [0.4, 0.5) is 0 Å². The second-order valence-electron chi connectivity index (χ2n) is 4.75. The van der Waals surface area contributed by atoms with Gasteiger partial charge in [-0.1, -0.05) is 46.3 Å². The first-order valence-corrected chi connectivity index (χ1v) is 7.51. The number of cyclic esters (lactones) is 1. The molecule has 4 heteroatoms. The summed E-state index contributed by atoms with van der Waals surface area (Å²) in [5, 5.41) is 0. The third kappa shape index (κ3) is 2.97. The molecular weight excluding hydrogens is 344 g/mol. The van der Waals surface area contributed by atoms with Gasteiger partial charge in [0.05, 0.1) is 12.7 Å². The molecule has 0 aliphatic carbocycles. The van der Waals surface area contributed by atoms with Gasteiger partial charge in [0.15, 0.2) is 0 Å². The molecule has 0 atom stereocenters. The summed E-state index contributed by atoms with van der Waals surface area (Å²) < 4.78 is 11.6. The molecule has 0 N–H and O–H groups in total. The topological polar surface area (TPSA) is 35.5 Å². The maximum Gasteiger partial charge on any atom is 0.343 e. The minimum atomic E-state index is -0.360. The van der Waals surface area contributed by atoms with Gasteiger partial charge in [0, 0.05) is 15.6 Å². The van der Waals surface area contributed by atoms with Crippen molar-refractivity contribution >= 4 is 33.7 Å². The number of esters is 1. The van der Waals surface area contributed by atoms with E-state index < -0.39 is 0 Å². The number of benzene rings is 2. The molecule has 2 aromatic rings. The van der Waals surface area contributed by atoms with Crippen LogP contribution in [-0.2, 0) is 9.53 Å². The number of hydrogen-bond donors (Lipinski definition) is 0. The van der Waals surface area contributed by atoms with Crippen molar-refractivity contribution in [1.29, 1.82) is 0 Å². The molecule has 0 fully saturated rings. The van der Waals surface area contributed by atoms with E-state index in [1.807, 2.05) is 48.5 Å². The highest BCUT2D eigenvalue weighted by Gasteiger charge is 2.22. The zero-order valence-corrected chi connectivity index (χ0v) is 13.5. The molecule has 22 heavy (non-hydrogen) atoms. The summed E-state index contributed by atoms with van der Waals surface area (Å²) in [5.74, 6) is 0.900. The van der Waals surface area contributed by atoms with E-state index in [1.165, 1.54) is 0 Å². The predicted molar refractivity (Wildman–Crippen MR) is 89.2 cm³/mol. The van der Waals surface area contributed by atoms with E-state index in [9.17, 15) is 4.79 Å². The maximum atomic E-state index is 12.1. The molecule has 2 aromatic carbocycles. The van der Waals surface area contributed by atoms with Crippen LogP contribution in [0.15, 0.2) is 64.7 Å². The fourth-order valence-electron chi connectivity index (χ4n) is 2.22. The summed E-state index contributed by atoms with van der Waals surface area (Å²) in [6.07, 6.45) is 3.51. The Morgan fingerprint density at radius 3 is 2.64 bits per heavy atom. The van der Waals surface area contributed by atoms with Gasteiger partial charge < -0.3 is 9.47 Å². The SMILES string of the molecule is COc1ccc(Br)cc1C=C1C=C(c2ccccc2)OC1=O. The Morgan fingerprint density at radius 2 is 1.91 bits per heavy atom. The first-order valence-electron chi connectivity index (χ1n) is 6.72. The second-order valence-corrected chi connectivity index (χ2v) is 5.67. The van der Waals surface area contributed by atoms with Crippen LogP contribution < -0.4 is 4.74 Å². The summed E-state index contributed by atoms with van der Waals surface area (Å²) in [6.45, 7) is 0. The second kappa shape index (κ2) is 6.20. The summed E-state index contributed by atoms with van der Waals surface area (Å²) in [4.78, 5) is 12.1. The Hall–Kier alpha value is -2.33. The number of carbonyl (C=O) groups is 1. The van der Waals surface area contributed by atoms with Gasteiger partial charge in [0.1, 0.15) is 11.5 Å². The lowest BCUT2D eigenvalue weighted by Gasteiger charge is -2.05. The standard InChI is InChI=1S/C18H13BrO3/c1-21-16-8-7-15(19)10-13(16)9-14-11-17(22-18(14)20)12-5-3-2-4-6-12/h2-11H,1H3. The molecule has 0 bridgehead atoms. The van der Waals surface area contributed by atoms with Crippen molar-refractivity contribution in [1.82, 2.24) is 0 Å². The van der Waals surface area contributed by atoms with Crippen molar-refractivity contribution in [3.8, 4) is 5.75 Å². The van der Waals surface area contributed by atoms with Crippen LogP contribution in [0.3, 0.4) is 0 Å². The smallest absolute Gasteiger partial charge is 0.343 e. The van der Waals surface area contributed by atoms with E-state index in [0.717, 1.165) is 15.6 Å². The van der Waals surface area contributed by atoms with E-state index >= 15 is 0 Å². The molecule has 0 saturated heterocycles. The third-order valence-corrected chi connectivity index (χ3v) is 3.78. The highest BCUT2D eigenvalue weighted by molar-refractivity contribution is 9.10. The third-order valence-electron chi connectivity index (χ3n) is 3.29. The number of hydrogen-bond acceptors (Lipinski definition) is 3. The number of methoxy groups -OCH3 is 1. The Morgan fingerprint density at radius 1 is 1.14 bits per heavy atom. The average Bonchev–Trinajstić information content (AvgIpc) is 2.90. The van der Waals surface area contributed by atoms with Gasteiger partial charge in [-0.2, -0.15) is 0 Å². The maximum absolute atomic E-state index is 12.1. The van der Waals surface area contributed by atoms with Gasteiger partial charge in [-0.05, 0) is 30.4 Å². The Balaban J connectivity index is 2.00. The summed E-state index contributed by atoms with van der Waals surface area (Å²) >= 11 is 3.42. The molecule has 3 rings (SSSR count). The first kappa shape index (κ1) is 14.6. The van der Waals surface area contributed by atoms with Gasteiger partial charge in [0.25, 0.3) is 0 Å². The van der Waals surface area contributed by atoms with Gasteiger partial charge in [-0.25, -0.2) is 4.79 Å². The molecule has 1 heterocycles. The molecule has 1 aliphatic rings. The molecule has 1 aliphatic heterocycles. The lowest BCUT2D eigenvalue weighted by atomic mass is 10.1. The molecule has 0 aromatic heterocycles. The molecule has 110 valence electrons. The van der Waals surface area contributed by atoms with E-state index in [-0.39, 0.29) is 5.97 Å². The van der Waals surface area contributed by atoms with Crippen LogP contribution in [0.25, 0.3) is 11.8 Å². The lowest BCUT2D eigenvalue weighted by Crippen LogP contribution is -1.97. The zero-order chi connectivity index (χ0) is 15.5. The molecule has 0 unspecified atom stereocenters. The Bertz CT molecular complexity index is 776. The molecule has 0 saturated carbocycles. The number of carbonyl (C=O) groups excluding carboxylic acids is 1. The summed E-state index contributed by atoms with van der Waals surface area (Å²) in [5.41, 5.74) is 2.19. The zero-order valence-electron chi connectivity index (χ0n) is 11.9. The van der Waals surface area contributed by atoms with Crippen LogP contribution >= 0.6 is 15.9 Å². The molecule has 3 nitrogen and oxygen atoms in total. The van der Waals surface area contributed by atoms with E-state index in [1.54, 1.807) is 19.3 Å². The largest absolute Gasteiger partial charge is 0.496 e. The van der Waals surface area contributed by atoms with E-state index in [0.29, 0.717) is 17.1 Å². The lowest BCUT2D eigenvalue weighted by molar-refractivity contribution is -0.130. The van der Waals surface area contributed by atoms with Gasteiger partial charge in [0.2, 0.25) is 0 Å². The van der Waals surface area contributed by atoms with Crippen molar-refractivity contribution in [3.05, 3.63) is 75.8 Å². The summed E-state index contributed by atoms with van der Waals surface area (Å²) in [7, 11) is 1.60. The quantitative estimate of drug-likeness (QED) is 0.602. The van der Waals surface area contributed by atoms with Crippen LogP contribution in [0.1, 0.15) is 11.1 Å². The molecule has 0 amide bonds. The highest BCUT2D eigenvalue weighted by atomic mass is 79.9. The van der Waals surface area contributed by atoms with Crippen molar-refractivity contribution < 1.29 is 14.3 Å². The van der Waals surface area contributed by atoms with Crippen molar-refractivity contribution in [3.63, 3.8) is 0 Å². The molecule has 0 spiro atoms. The fraction of sp³-hybridized carbons (Fsp3) is 0.0556. The van der Waals surface area contributed by atoms with Crippen LogP contribution in [0.5, 0.6) is 5.75 Å². The van der Waals surface area contributed by atoms with Gasteiger partial charge in [-0.3, -0.25) is 0 Å². The monoisotopic (exact) mass is 356 g/mol. The van der Waals surface area contributed by atoms with Gasteiger partial charge >= 0.3 is 5.97 Å². The predicted octanol–water partition coefficient (Wildman–Crippen LogP) is 4.44. The van der Waals surface area contributed by atoms with E-state index in [4.69, 9.17) is 9.47 Å². The van der Waals surface area contributed by atoms with E-state index in [2.05, 4.69) is 15.9 Å². The Kier molecular flexibility index (Phi) is 4.11. The molecular formula is C18H13BrO3. The number of rotatable bonds is 3. The van der Waals surface area contributed by atoms with Crippen molar-refractivity contribution in [2.24, 2.45) is 0 Å². The summed E-state index contributed by atoms with van der Waals surface area (Å²) in [6, 6.07) is 15.2. The van der Waals surface area contributed by atoms with Crippen LogP contribution in [0, 0.1) is 0 Å². The number of ether oxygens (including phenoxy) is 2. The first-order chi connectivity index (χ1) is 10.7. The van der Waals surface area contributed by atoms with Crippen LogP contribution in [-0.4, -0.2) is 13.1 Å². The van der Waals surface area contributed by atoms with Crippen molar-refractivity contribution in [2.75, 3.05) is 7.11 Å². The fourth-order valence-corrected chi connectivity index (χ4v) is 2.60. The number of halogens is 1. The van der Waals surface area contributed by atoms with Crippen molar-refractivity contribution in [2.45, 2.75) is 0 Å². The van der Waals surface area contributed by atoms with Gasteiger partial charge in [-0.15, -0.1) is 0 Å². The van der Waals surface area contributed by atoms with Crippen LogP contribution in [0.2, 0.25) is 0 Å².